The largest absolute Gasteiger partial charge is 0.394 e. The van der Waals surface area contributed by atoms with Gasteiger partial charge in [0.15, 0.2) is 6.29 Å². The Balaban J connectivity index is 2.13. The summed E-state index contributed by atoms with van der Waals surface area (Å²) in [6, 6.07) is -1.17. The van der Waals surface area contributed by atoms with E-state index in [1.54, 1.807) is 0 Å². The highest BCUT2D eigenvalue weighted by Gasteiger charge is 2.44. The minimum Gasteiger partial charge on any atom is -0.394 e. The van der Waals surface area contributed by atoms with Gasteiger partial charge in [-0.1, -0.05) is 321 Å². The summed E-state index contributed by atoms with van der Waals surface area (Å²) >= 11 is 0. The average Bonchev–Trinajstić information content (AvgIpc) is 3.48. The van der Waals surface area contributed by atoms with Gasteiger partial charge >= 0.3 is 0 Å². The van der Waals surface area contributed by atoms with Crippen LogP contribution in [0, 0.1) is 0 Å². The maximum Gasteiger partial charge on any atom is 0.249 e. The van der Waals surface area contributed by atoms with Crippen LogP contribution in [0.4, 0.5) is 0 Å². The third kappa shape index (κ3) is 45.0. The van der Waals surface area contributed by atoms with Crippen molar-refractivity contribution in [1.82, 2.24) is 5.32 Å². The molecule has 8 N–H and O–H groups in total. The Morgan fingerprint density at radius 1 is 0.430 bits per heavy atom. The molecule has 79 heavy (non-hydrogen) atoms. The van der Waals surface area contributed by atoms with E-state index in [4.69, 9.17) is 9.47 Å². The predicted octanol–water partition coefficient (Wildman–Crippen LogP) is 16.3. The lowest BCUT2D eigenvalue weighted by atomic mass is 9.98. The Labute approximate surface area is 487 Å². The van der Waals surface area contributed by atoms with Crippen LogP contribution in [0.1, 0.15) is 348 Å². The topological polar surface area (TPSA) is 189 Å². The third-order valence-electron chi connectivity index (χ3n) is 17.1. The molecule has 0 aliphatic carbocycles. The van der Waals surface area contributed by atoms with Crippen LogP contribution in [-0.4, -0.2) is 110 Å². The van der Waals surface area contributed by atoms with Crippen LogP contribution < -0.4 is 5.32 Å². The van der Waals surface area contributed by atoms with E-state index in [0.717, 1.165) is 38.5 Å². The van der Waals surface area contributed by atoms with E-state index in [1.807, 2.05) is 0 Å². The fourth-order valence-corrected chi connectivity index (χ4v) is 11.5. The van der Waals surface area contributed by atoms with E-state index >= 15 is 0 Å². The zero-order valence-corrected chi connectivity index (χ0v) is 51.9. The van der Waals surface area contributed by atoms with Crippen LogP contribution in [0.25, 0.3) is 0 Å². The number of carbonyl (C=O) groups is 1. The second kappa shape index (κ2) is 57.3. The van der Waals surface area contributed by atoms with Gasteiger partial charge in [-0.25, -0.2) is 0 Å². The van der Waals surface area contributed by atoms with Gasteiger partial charge < -0.3 is 50.5 Å². The van der Waals surface area contributed by atoms with E-state index in [-0.39, 0.29) is 6.42 Å². The number of amides is 1. The standard InChI is InChI=1S/C68H133NO10/c1-3-5-7-9-11-13-15-17-19-21-22-23-24-25-26-27-28-29-30-31-32-33-34-35-36-37-38-39-40-42-44-46-48-50-52-54-56-61(72)67(77)69-59(58-78-68-66(76)65(75)64(74)62(57-70)79-68)63(73)60(71)55-53-51-49-47-45-43-41-20-18-16-14-12-10-8-6-4-2/h29-30,59-66,68,70-76H,3-28,31-58H2,1-2H3,(H,69,77)/b30-29-. The van der Waals surface area contributed by atoms with E-state index < -0.39 is 74.2 Å². The van der Waals surface area contributed by atoms with Crippen molar-refractivity contribution in [2.45, 2.75) is 403 Å². The first-order chi connectivity index (χ1) is 38.7. The smallest absolute Gasteiger partial charge is 0.249 e. The number of hydrogen-bond acceptors (Lipinski definition) is 10. The summed E-state index contributed by atoms with van der Waals surface area (Å²) in [5, 5.41) is 76.3. The molecule has 1 rings (SSSR count). The number of allylic oxidation sites excluding steroid dienone is 2. The molecule has 1 aliphatic rings. The van der Waals surface area contributed by atoms with E-state index in [1.165, 1.54) is 270 Å². The summed E-state index contributed by atoms with van der Waals surface area (Å²) in [5.74, 6) is -0.690. The highest BCUT2D eigenvalue weighted by molar-refractivity contribution is 5.80. The molecule has 9 unspecified atom stereocenters. The van der Waals surface area contributed by atoms with Crippen molar-refractivity contribution in [2.75, 3.05) is 13.2 Å². The van der Waals surface area contributed by atoms with Crippen LogP contribution in [0.2, 0.25) is 0 Å². The second-order valence-electron chi connectivity index (χ2n) is 24.6. The maximum atomic E-state index is 13.2. The summed E-state index contributed by atoms with van der Waals surface area (Å²) < 4.78 is 11.2. The Morgan fingerprint density at radius 3 is 1.06 bits per heavy atom. The average molecular weight is 1120 g/mol. The van der Waals surface area contributed by atoms with Crippen molar-refractivity contribution in [3.05, 3.63) is 12.2 Å². The van der Waals surface area contributed by atoms with Crippen LogP contribution in [0.5, 0.6) is 0 Å². The molecule has 11 nitrogen and oxygen atoms in total. The van der Waals surface area contributed by atoms with Crippen molar-refractivity contribution in [3.8, 4) is 0 Å². The van der Waals surface area contributed by atoms with Crippen LogP contribution in [0.15, 0.2) is 12.2 Å². The molecule has 1 aliphatic heterocycles. The van der Waals surface area contributed by atoms with Gasteiger partial charge in [0.1, 0.15) is 36.6 Å². The predicted molar refractivity (Wildman–Crippen MR) is 330 cm³/mol. The summed E-state index contributed by atoms with van der Waals surface area (Å²) in [6.45, 7) is 3.51. The summed E-state index contributed by atoms with van der Waals surface area (Å²) in [6.07, 6.45) is 58.8. The summed E-state index contributed by atoms with van der Waals surface area (Å²) in [7, 11) is 0. The number of carbonyl (C=O) groups excluding carboxylic acids is 1. The van der Waals surface area contributed by atoms with Gasteiger partial charge in [0, 0.05) is 0 Å². The van der Waals surface area contributed by atoms with Gasteiger partial charge in [-0.05, 0) is 38.5 Å². The lowest BCUT2D eigenvalue weighted by Gasteiger charge is -2.40. The van der Waals surface area contributed by atoms with Crippen molar-refractivity contribution in [2.24, 2.45) is 0 Å². The first kappa shape index (κ1) is 75.9. The number of aliphatic hydroxyl groups excluding tert-OH is 7. The minimum atomic E-state index is -1.66. The minimum absolute atomic E-state index is 0.265. The van der Waals surface area contributed by atoms with E-state index in [0.29, 0.717) is 19.3 Å². The number of aliphatic hydroxyl groups is 7. The number of ether oxygens (including phenoxy) is 2. The Hall–Kier alpha value is -1.15. The highest BCUT2D eigenvalue weighted by atomic mass is 16.7. The zero-order chi connectivity index (χ0) is 57.5. The van der Waals surface area contributed by atoms with Crippen molar-refractivity contribution >= 4 is 5.91 Å². The normalized spacial score (nSPS) is 19.3. The maximum absolute atomic E-state index is 13.2. The Kier molecular flexibility index (Phi) is 55.0. The monoisotopic (exact) mass is 1120 g/mol. The molecule has 0 radical (unpaired) electrons. The summed E-state index contributed by atoms with van der Waals surface area (Å²) in [5.41, 5.74) is 0. The summed E-state index contributed by atoms with van der Waals surface area (Å²) in [4.78, 5) is 13.2. The molecule has 0 saturated carbocycles. The fraction of sp³-hybridized carbons (Fsp3) is 0.956. The number of nitrogens with one attached hydrogen (secondary N) is 1. The fourth-order valence-electron chi connectivity index (χ4n) is 11.5. The second-order valence-corrected chi connectivity index (χ2v) is 24.6. The molecule has 0 bridgehead atoms. The first-order valence-electron chi connectivity index (χ1n) is 34.6. The molecule has 1 amide bonds. The van der Waals surface area contributed by atoms with Crippen molar-refractivity contribution in [1.29, 1.82) is 0 Å². The molecule has 11 heteroatoms. The van der Waals surface area contributed by atoms with Gasteiger partial charge in [0.05, 0.1) is 25.4 Å². The molecule has 0 aromatic heterocycles. The van der Waals surface area contributed by atoms with Gasteiger partial charge in [-0.15, -0.1) is 0 Å². The van der Waals surface area contributed by atoms with E-state index in [9.17, 15) is 40.5 Å². The van der Waals surface area contributed by atoms with Crippen LogP contribution >= 0.6 is 0 Å². The molecular formula is C68H133NO10. The highest BCUT2D eigenvalue weighted by Crippen LogP contribution is 2.24. The number of unbranched alkanes of at least 4 members (excludes halogenated alkanes) is 47. The molecule has 1 fully saturated rings. The molecule has 0 spiro atoms. The molecule has 0 aromatic carbocycles. The Bertz CT molecular complexity index is 1290. The molecular weight excluding hydrogens is 991 g/mol. The SMILES string of the molecule is CCCCCCCCCCCCCCCCCC/C=C\CCCCCCCCCCCCCCCCCCC(O)C(=O)NC(COC1OC(CO)C(O)C(O)C1O)C(O)C(O)CCCCCCCCCCCCCCCCCC. The number of hydrogen-bond donors (Lipinski definition) is 8. The molecule has 470 valence electrons. The van der Waals surface area contributed by atoms with Crippen molar-refractivity contribution < 1.29 is 50.0 Å². The Morgan fingerprint density at radius 2 is 0.734 bits per heavy atom. The zero-order valence-electron chi connectivity index (χ0n) is 51.9. The first-order valence-corrected chi connectivity index (χ1v) is 34.6. The van der Waals surface area contributed by atoms with Gasteiger partial charge in [-0.2, -0.15) is 0 Å². The number of rotatable bonds is 61. The quantitative estimate of drug-likeness (QED) is 0.0215. The molecule has 1 heterocycles. The lowest BCUT2D eigenvalue weighted by Crippen LogP contribution is -2.60. The molecule has 9 atom stereocenters. The molecule has 0 aromatic rings. The van der Waals surface area contributed by atoms with E-state index in [2.05, 4.69) is 31.3 Å². The molecule has 1 saturated heterocycles. The third-order valence-corrected chi connectivity index (χ3v) is 17.1. The van der Waals surface area contributed by atoms with Gasteiger partial charge in [0.2, 0.25) is 5.91 Å². The van der Waals surface area contributed by atoms with Gasteiger partial charge in [-0.3, -0.25) is 4.79 Å². The van der Waals surface area contributed by atoms with Crippen molar-refractivity contribution in [3.63, 3.8) is 0 Å². The van der Waals surface area contributed by atoms with Crippen LogP contribution in [0.3, 0.4) is 0 Å². The van der Waals surface area contributed by atoms with Gasteiger partial charge in [0.25, 0.3) is 0 Å². The lowest BCUT2D eigenvalue weighted by molar-refractivity contribution is -0.303. The van der Waals surface area contributed by atoms with Crippen LogP contribution in [-0.2, 0) is 14.3 Å².